The van der Waals surface area contributed by atoms with Gasteiger partial charge in [0.25, 0.3) is 0 Å². The Morgan fingerprint density at radius 1 is 1.38 bits per heavy atom. The first-order valence-corrected chi connectivity index (χ1v) is 6.64. The highest BCUT2D eigenvalue weighted by atomic mass is 16.5. The van der Waals surface area contributed by atoms with Gasteiger partial charge in [-0.3, -0.25) is 10.1 Å². The topological polar surface area (TPSA) is 83.4 Å². The van der Waals surface area contributed by atoms with Gasteiger partial charge in [0.1, 0.15) is 6.04 Å². The van der Waals surface area contributed by atoms with Gasteiger partial charge in [-0.1, -0.05) is 12.1 Å². The third-order valence-corrected chi connectivity index (χ3v) is 2.95. The van der Waals surface area contributed by atoms with Crippen molar-refractivity contribution in [3.63, 3.8) is 0 Å². The summed E-state index contributed by atoms with van der Waals surface area (Å²) in [4.78, 5) is 11.0. The van der Waals surface area contributed by atoms with Crippen LogP contribution >= 0.6 is 0 Å². The molecule has 1 aromatic carbocycles. The largest absolute Gasteiger partial charge is 0.493 e. The molecule has 6 heteroatoms. The molecule has 21 heavy (non-hydrogen) atoms. The molecule has 0 saturated carbocycles. The van der Waals surface area contributed by atoms with Crippen LogP contribution in [0.4, 0.5) is 0 Å². The van der Waals surface area contributed by atoms with Crippen molar-refractivity contribution in [2.24, 2.45) is 0 Å². The molecule has 1 rings (SSSR count). The van der Waals surface area contributed by atoms with Gasteiger partial charge in [-0.15, -0.1) is 0 Å². The number of methoxy groups -OCH3 is 2. The second kappa shape index (κ2) is 8.12. The molecular weight excluding hydrogens is 270 g/mol. The average Bonchev–Trinajstić information content (AvgIpc) is 2.46. The van der Waals surface area contributed by atoms with E-state index in [1.807, 2.05) is 13.0 Å². The van der Waals surface area contributed by atoms with Crippen LogP contribution in [0.5, 0.6) is 11.5 Å². The Labute approximate surface area is 125 Å². The highest BCUT2D eigenvalue weighted by molar-refractivity contribution is 5.73. The number of amides is 1. The van der Waals surface area contributed by atoms with E-state index in [0.29, 0.717) is 23.6 Å². The molecular formula is C15H21N3O3. The number of nitriles is 1. The van der Waals surface area contributed by atoms with Crippen molar-refractivity contribution in [2.75, 3.05) is 20.8 Å². The Morgan fingerprint density at radius 2 is 2.10 bits per heavy atom. The highest BCUT2D eigenvalue weighted by Gasteiger charge is 2.19. The maximum atomic E-state index is 11.0. The van der Waals surface area contributed by atoms with E-state index in [9.17, 15) is 10.1 Å². The second-order valence-corrected chi connectivity index (χ2v) is 4.65. The monoisotopic (exact) mass is 291 g/mol. The van der Waals surface area contributed by atoms with E-state index in [2.05, 4.69) is 16.7 Å². The molecule has 2 unspecified atom stereocenters. The van der Waals surface area contributed by atoms with Gasteiger partial charge in [0, 0.05) is 25.1 Å². The van der Waals surface area contributed by atoms with Crippen LogP contribution in [0.15, 0.2) is 18.2 Å². The molecule has 0 spiro atoms. The fourth-order valence-corrected chi connectivity index (χ4v) is 2.06. The zero-order chi connectivity index (χ0) is 15.8. The molecule has 0 aliphatic heterocycles. The third kappa shape index (κ3) is 4.65. The van der Waals surface area contributed by atoms with Gasteiger partial charge in [0.15, 0.2) is 11.5 Å². The molecule has 2 N–H and O–H groups in total. The lowest BCUT2D eigenvalue weighted by Crippen LogP contribution is -2.39. The van der Waals surface area contributed by atoms with Gasteiger partial charge in [0.2, 0.25) is 5.91 Å². The van der Waals surface area contributed by atoms with Crippen molar-refractivity contribution >= 4 is 5.91 Å². The summed E-state index contributed by atoms with van der Waals surface area (Å²) >= 11 is 0. The normalized spacial score (nSPS) is 12.9. The standard InChI is InChI=1S/C15H21N3O3/c1-10(18-11(2)19)9-17-13(8-16)12-6-5-7-14(20-3)15(12)21-4/h5-7,10,13,17H,9H2,1-4H3,(H,18,19). The van der Waals surface area contributed by atoms with E-state index in [-0.39, 0.29) is 11.9 Å². The lowest BCUT2D eigenvalue weighted by Gasteiger charge is -2.19. The fourth-order valence-electron chi connectivity index (χ4n) is 2.06. The number of nitrogens with one attached hydrogen (secondary N) is 2. The molecule has 114 valence electrons. The number of carbonyl (C=O) groups is 1. The number of hydrogen-bond donors (Lipinski definition) is 2. The highest BCUT2D eigenvalue weighted by Crippen LogP contribution is 2.34. The Bertz CT molecular complexity index is 525. The Kier molecular flexibility index (Phi) is 6.50. The zero-order valence-corrected chi connectivity index (χ0v) is 12.8. The lowest BCUT2D eigenvalue weighted by atomic mass is 10.1. The van der Waals surface area contributed by atoms with Crippen LogP contribution in [0.25, 0.3) is 0 Å². The van der Waals surface area contributed by atoms with Crippen molar-refractivity contribution in [1.82, 2.24) is 10.6 Å². The molecule has 1 amide bonds. The lowest BCUT2D eigenvalue weighted by molar-refractivity contribution is -0.119. The quantitative estimate of drug-likeness (QED) is 0.793. The van der Waals surface area contributed by atoms with Crippen molar-refractivity contribution in [3.8, 4) is 17.6 Å². The van der Waals surface area contributed by atoms with Gasteiger partial charge in [-0.25, -0.2) is 0 Å². The number of ether oxygens (including phenoxy) is 2. The molecule has 0 heterocycles. The fraction of sp³-hybridized carbons (Fsp3) is 0.467. The first-order valence-electron chi connectivity index (χ1n) is 6.64. The molecule has 0 fully saturated rings. The van der Waals surface area contributed by atoms with E-state index in [4.69, 9.17) is 9.47 Å². The first-order chi connectivity index (χ1) is 10.0. The predicted octanol–water partition coefficient (Wildman–Crippen LogP) is 1.38. The molecule has 0 bridgehead atoms. The zero-order valence-electron chi connectivity index (χ0n) is 12.8. The first kappa shape index (κ1) is 16.8. The van der Waals surface area contributed by atoms with Crippen LogP contribution in [0.1, 0.15) is 25.5 Å². The minimum atomic E-state index is -0.550. The van der Waals surface area contributed by atoms with Gasteiger partial charge >= 0.3 is 0 Å². The number of rotatable bonds is 7. The minimum absolute atomic E-state index is 0.0741. The van der Waals surface area contributed by atoms with E-state index in [1.165, 1.54) is 14.0 Å². The maximum Gasteiger partial charge on any atom is 0.217 e. The predicted molar refractivity (Wildman–Crippen MR) is 79.2 cm³/mol. The molecule has 2 atom stereocenters. The van der Waals surface area contributed by atoms with E-state index < -0.39 is 6.04 Å². The van der Waals surface area contributed by atoms with E-state index in [1.54, 1.807) is 19.2 Å². The number of nitrogens with zero attached hydrogens (tertiary/aromatic N) is 1. The van der Waals surface area contributed by atoms with Crippen LogP contribution < -0.4 is 20.1 Å². The van der Waals surface area contributed by atoms with E-state index >= 15 is 0 Å². The SMILES string of the molecule is COc1cccc(C(C#N)NCC(C)NC(C)=O)c1OC. The van der Waals surface area contributed by atoms with Gasteiger partial charge in [0.05, 0.1) is 20.3 Å². The summed E-state index contributed by atoms with van der Waals surface area (Å²) in [6.45, 7) is 3.80. The Morgan fingerprint density at radius 3 is 2.62 bits per heavy atom. The van der Waals surface area contributed by atoms with Crippen LogP contribution in [-0.4, -0.2) is 32.7 Å². The van der Waals surface area contributed by atoms with Crippen molar-refractivity contribution in [1.29, 1.82) is 5.26 Å². The molecule has 0 aliphatic carbocycles. The summed E-state index contributed by atoms with van der Waals surface area (Å²) in [6.07, 6.45) is 0. The minimum Gasteiger partial charge on any atom is -0.493 e. The number of carbonyl (C=O) groups excluding carboxylic acids is 1. The summed E-state index contributed by atoms with van der Waals surface area (Å²) in [5.74, 6) is 1.01. The molecule has 1 aromatic rings. The van der Waals surface area contributed by atoms with E-state index in [0.717, 1.165) is 0 Å². The van der Waals surface area contributed by atoms with Gasteiger partial charge in [-0.2, -0.15) is 5.26 Å². The van der Waals surface area contributed by atoms with Crippen LogP contribution in [0.3, 0.4) is 0 Å². The molecule has 0 aromatic heterocycles. The van der Waals surface area contributed by atoms with Crippen LogP contribution in [0.2, 0.25) is 0 Å². The Balaban J connectivity index is 2.86. The summed E-state index contributed by atoms with van der Waals surface area (Å²) in [5.41, 5.74) is 0.703. The molecule has 0 aliphatic rings. The summed E-state index contributed by atoms with van der Waals surface area (Å²) in [7, 11) is 3.09. The number of benzene rings is 1. The summed E-state index contributed by atoms with van der Waals surface area (Å²) < 4.78 is 10.6. The van der Waals surface area contributed by atoms with Gasteiger partial charge < -0.3 is 14.8 Å². The van der Waals surface area contributed by atoms with Crippen molar-refractivity contribution in [2.45, 2.75) is 25.9 Å². The summed E-state index contributed by atoms with van der Waals surface area (Å²) in [6, 6.07) is 6.96. The average molecular weight is 291 g/mol. The second-order valence-electron chi connectivity index (χ2n) is 4.65. The molecule has 0 radical (unpaired) electrons. The van der Waals surface area contributed by atoms with Crippen molar-refractivity contribution < 1.29 is 14.3 Å². The number of para-hydroxylation sites is 1. The smallest absolute Gasteiger partial charge is 0.217 e. The molecule has 6 nitrogen and oxygen atoms in total. The third-order valence-electron chi connectivity index (χ3n) is 2.95. The van der Waals surface area contributed by atoms with Crippen molar-refractivity contribution in [3.05, 3.63) is 23.8 Å². The Hall–Kier alpha value is -2.26. The van der Waals surface area contributed by atoms with Crippen LogP contribution in [0, 0.1) is 11.3 Å². The number of hydrogen-bond acceptors (Lipinski definition) is 5. The van der Waals surface area contributed by atoms with Gasteiger partial charge in [-0.05, 0) is 13.0 Å². The maximum absolute atomic E-state index is 11.0. The summed E-state index contributed by atoms with van der Waals surface area (Å²) in [5, 5.41) is 15.2. The molecule has 0 saturated heterocycles. The van der Waals surface area contributed by atoms with Crippen LogP contribution in [-0.2, 0) is 4.79 Å².